The number of rotatable bonds is 2. The van der Waals surface area contributed by atoms with E-state index in [2.05, 4.69) is 11.0 Å². The number of nitrogens with two attached hydrogens (primary N) is 1. The summed E-state index contributed by atoms with van der Waals surface area (Å²) in [6.45, 7) is 2.84. The lowest BCUT2D eigenvalue weighted by Gasteiger charge is -2.50. The van der Waals surface area contributed by atoms with Gasteiger partial charge >= 0.3 is 0 Å². The molecule has 0 spiro atoms. The van der Waals surface area contributed by atoms with Gasteiger partial charge in [-0.15, -0.1) is 0 Å². The predicted octanol–water partition coefficient (Wildman–Crippen LogP) is 1.70. The average Bonchev–Trinajstić information content (AvgIpc) is 2.03. The van der Waals surface area contributed by atoms with Crippen molar-refractivity contribution in [3.05, 3.63) is 11.1 Å². The third-order valence-corrected chi connectivity index (χ3v) is 3.72. The Morgan fingerprint density at radius 3 is 2.77 bits per heavy atom. The van der Waals surface area contributed by atoms with Crippen molar-refractivity contribution in [3.63, 3.8) is 0 Å². The minimum Gasteiger partial charge on any atom is -0.329 e. The number of halogens is 1. The monoisotopic (exact) mass is 200 g/mol. The van der Waals surface area contributed by atoms with Crippen LogP contribution in [0.15, 0.2) is 11.1 Å². The Kier molecular flexibility index (Phi) is 2.63. The third-order valence-electron chi connectivity index (χ3n) is 3.44. The molecule has 0 aromatic rings. The maximum Gasteiger partial charge on any atom is 0.0344 e. The first-order valence-electron chi connectivity index (χ1n) is 5.06. The fourth-order valence-electron chi connectivity index (χ4n) is 2.34. The normalized spacial score (nSPS) is 28.0. The summed E-state index contributed by atoms with van der Waals surface area (Å²) >= 11 is 6.03. The molecular formula is C10H17ClN2. The zero-order chi connectivity index (χ0) is 9.31. The highest BCUT2D eigenvalue weighted by atomic mass is 35.5. The zero-order valence-electron chi connectivity index (χ0n) is 7.93. The summed E-state index contributed by atoms with van der Waals surface area (Å²) < 4.78 is 0. The molecule has 1 fully saturated rings. The molecule has 1 aliphatic heterocycles. The largest absolute Gasteiger partial charge is 0.329 e. The summed E-state index contributed by atoms with van der Waals surface area (Å²) in [4.78, 5) is 2.47. The summed E-state index contributed by atoms with van der Waals surface area (Å²) in [7, 11) is 0. The van der Waals surface area contributed by atoms with E-state index in [1.54, 1.807) is 0 Å². The van der Waals surface area contributed by atoms with Crippen molar-refractivity contribution in [1.29, 1.82) is 0 Å². The van der Waals surface area contributed by atoms with E-state index in [0.29, 0.717) is 5.54 Å². The van der Waals surface area contributed by atoms with E-state index >= 15 is 0 Å². The molecule has 1 heterocycles. The van der Waals surface area contributed by atoms with Crippen molar-refractivity contribution in [2.45, 2.75) is 31.2 Å². The maximum atomic E-state index is 6.03. The molecule has 0 radical (unpaired) electrons. The van der Waals surface area contributed by atoms with Gasteiger partial charge < -0.3 is 5.73 Å². The minimum absolute atomic E-state index is 0.300. The first-order chi connectivity index (χ1) is 6.27. The Hall–Kier alpha value is -0.0500. The van der Waals surface area contributed by atoms with E-state index in [1.165, 1.54) is 19.3 Å². The van der Waals surface area contributed by atoms with Gasteiger partial charge in [0.05, 0.1) is 0 Å². The van der Waals surface area contributed by atoms with Crippen LogP contribution in [0.4, 0.5) is 0 Å². The molecule has 13 heavy (non-hydrogen) atoms. The Morgan fingerprint density at radius 2 is 2.31 bits per heavy atom. The van der Waals surface area contributed by atoms with Crippen LogP contribution < -0.4 is 5.73 Å². The van der Waals surface area contributed by atoms with Gasteiger partial charge in [0.15, 0.2) is 0 Å². The van der Waals surface area contributed by atoms with Crippen LogP contribution in [-0.2, 0) is 0 Å². The first kappa shape index (κ1) is 9.50. The lowest BCUT2D eigenvalue weighted by molar-refractivity contribution is 0.0305. The van der Waals surface area contributed by atoms with Crippen LogP contribution in [0.3, 0.4) is 0 Å². The van der Waals surface area contributed by atoms with Crippen LogP contribution in [0, 0.1) is 0 Å². The highest BCUT2D eigenvalue weighted by Gasteiger charge is 2.41. The molecule has 3 heteroatoms. The van der Waals surface area contributed by atoms with Gasteiger partial charge in [0, 0.05) is 30.2 Å². The summed E-state index contributed by atoms with van der Waals surface area (Å²) in [6.07, 6.45) is 7.05. The van der Waals surface area contributed by atoms with Gasteiger partial charge in [-0.05, 0) is 25.7 Å². The molecule has 0 aromatic carbocycles. The topological polar surface area (TPSA) is 29.3 Å². The lowest BCUT2D eigenvalue weighted by Crippen LogP contribution is -2.59. The number of nitrogens with zero attached hydrogens (tertiary/aromatic N) is 1. The zero-order valence-corrected chi connectivity index (χ0v) is 8.69. The van der Waals surface area contributed by atoms with E-state index in [0.717, 1.165) is 31.1 Å². The summed E-state index contributed by atoms with van der Waals surface area (Å²) in [6, 6.07) is 0. The molecule has 2 N–H and O–H groups in total. The molecule has 0 atom stereocenters. The van der Waals surface area contributed by atoms with Crippen LogP contribution in [-0.4, -0.2) is 30.1 Å². The van der Waals surface area contributed by atoms with Crippen LogP contribution in [0.1, 0.15) is 25.7 Å². The quantitative estimate of drug-likeness (QED) is 0.735. The van der Waals surface area contributed by atoms with Crippen LogP contribution in [0.5, 0.6) is 0 Å². The first-order valence-corrected chi connectivity index (χ1v) is 5.44. The Balaban J connectivity index is 2.03. The molecule has 2 rings (SSSR count). The Morgan fingerprint density at radius 1 is 1.54 bits per heavy atom. The second-order valence-electron chi connectivity index (χ2n) is 4.14. The highest BCUT2D eigenvalue weighted by molar-refractivity contribution is 6.29. The van der Waals surface area contributed by atoms with Gasteiger partial charge in [0.2, 0.25) is 0 Å². The average molecular weight is 201 g/mol. The molecule has 0 unspecified atom stereocenters. The summed E-state index contributed by atoms with van der Waals surface area (Å²) in [5.41, 5.74) is 6.14. The molecule has 74 valence electrons. The van der Waals surface area contributed by atoms with Gasteiger partial charge in [-0.3, -0.25) is 4.90 Å². The van der Waals surface area contributed by atoms with Crippen molar-refractivity contribution < 1.29 is 0 Å². The molecule has 0 saturated heterocycles. The lowest BCUT2D eigenvalue weighted by atomic mass is 9.75. The van der Waals surface area contributed by atoms with Gasteiger partial charge in [-0.25, -0.2) is 0 Å². The number of hydrogen-bond donors (Lipinski definition) is 1. The van der Waals surface area contributed by atoms with Crippen molar-refractivity contribution >= 4 is 11.6 Å². The van der Waals surface area contributed by atoms with Crippen molar-refractivity contribution in [3.8, 4) is 0 Å². The molecule has 0 bridgehead atoms. The van der Waals surface area contributed by atoms with Gasteiger partial charge in [-0.1, -0.05) is 17.7 Å². The Bertz CT molecular complexity index is 215. The standard InChI is InChI=1S/C10H17ClN2/c11-9-3-1-6-13(7-9)10(8-12)4-2-5-10/h3H,1-2,4-8,12H2. The smallest absolute Gasteiger partial charge is 0.0344 e. The van der Waals surface area contributed by atoms with E-state index < -0.39 is 0 Å². The van der Waals surface area contributed by atoms with Crippen LogP contribution >= 0.6 is 11.6 Å². The van der Waals surface area contributed by atoms with E-state index in [1.807, 2.05) is 0 Å². The SMILES string of the molecule is NCC1(N2CCC=C(Cl)C2)CCC1. The molecule has 2 aliphatic rings. The fraction of sp³-hybridized carbons (Fsp3) is 0.800. The molecule has 0 aromatic heterocycles. The van der Waals surface area contributed by atoms with Gasteiger partial charge in [-0.2, -0.15) is 0 Å². The third kappa shape index (κ3) is 1.63. The maximum absolute atomic E-state index is 6.03. The van der Waals surface area contributed by atoms with E-state index in [4.69, 9.17) is 17.3 Å². The highest BCUT2D eigenvalue weighted by Crippen LogP contribution is 2.38. The summed E-state index contributed by atoms with van der Waals surface area (Å²) in [5.74, 6) is 0. The molecule has 2 nitrogen and oxygen atoms in total. The molecule has 1 saturated carbocycles. The van der Waals surface area contributed by atoms with Crippen LogP contribution in [0.2, 0.25) is 0 Å². The van der Waals surface area contributed by atoms with Gasteiger partial charge in [0.1, 0.15) is 0 Å². The van der Waals surface area contributed by atoms with Crippen molar-refractivity contribution in [2.24, 2.45) is 5.73 Å². The molecule has 0 amide bonds. The molecule has 1 aliphatic carbocycles. The van der Waals surface area contributed by atoms with E-state index in [-0.39, 0.29) is 0 Å². The van der Waals surface area contributed by atoms with Gasteiger partial charge in [0.25, 0.3) is 0 Å². The van der Waals surface area contributed by atoms with Crippen molar-refractivity contribution in [2.75, 3.05) is 19.6 Å². The fourth-order valence-corrected chi connectivity index (χ4v) is 2.60. The number of hydrogen-bond acceptors (Lipinski definition) is 2. The minimum atomic E-state index is 0.300. The second-order valence-corrected chi connectivity index (χ2v) is 4.63. The second kappa shape index (κ2) is 3.60. The van der Waals surface area contributed by atoms with E-state index in [9.17, 15) is 0 Å². The predicted molar refractivity (Wildman–Crippen MR) is 55.8 cm³/mol. The summed E-state index contributed by atoms with van der Waals surface area (Å²) in [5, 5.41) is 0.992. The van der Waals surface area contributed by atoms with Crippen molar-refractivity contribution in [1.82, 2.24) is 4.90 Å². The van der Waals surface area contributed by atoms with Crippen LogP contribution in [0.25, 0.3) is 0 Å². The molecular weight excluding hydrogens is 184 g/mol. The Labute approximate surface area is 84.7 Å².